The van der Waals surface area contributed by atoms with Gasteiger partial charge in [-0.1, -0.05) is 0 Å². The monoisotopic (exact) mass is 279 g/mol. The molecular formula is C14H25N5O. The summed E-state index contributed by atoms with van der Waals surface area (Å²) in [6.45, 7) is 8.51. The van der Waals surface area contributed by atoms with Crippen LogP contribution in [0.25, 0.3) is 0 Å². The van der Waals surface area contributed by atoms with Crippen LogP contribution in [0.4, 0.5) is 0 Å². The van der Waals surface area contributed by atoms with Gasteiger partial charge in [-0.3, -0.25) is 4.79 Å². The largest absolute Gasteiger partial charge is 0.338 e. The molecule has 0 bridgehead atoms. The number of hydrogen-bond donors (Lipinski definition) is 1. The van der Waals surface area contributed by atoms with Crippen LogP contribution in [0.3, 0.4) is 0 Å². The minimum atomic E-state index is 0.0483. The molecule has 0 atom stereocenters. The number of aromatic nitrogens is 3. The van der Waals surface area contributed by atoms with E-state index in [9.17, 15) is 4.79 Å². The lowest BCUT2D eigenvalue weighted by Gasteiger charge is -2.22. The molecule has 0 aliphatic carbocycles. The van der Waals surface area contributed by atoms with E-state index in [0.29, 0.717) is 19.5 Å². The first-order valence-electron chi connectivity index (χ1n) is 7.27. The molecule has 112 valence electrons. The summed E-state index contributed by atoms with van der Waals surface area (Å²) < 4.78 is 2.14. The first kappa shape index (κ1) is 15.0. The highest BCUT2D eigenvalue weighted by molar-refractivity contribution is 5.75. The minimum absolute atomic E-state index is 0.0483. The van der Waals surface area contributed by atoms with Gasteiger partial charge in [0.25, 0.3) is 0 Å². The molecule has 1 amide bonds. The molecule has 0 radical (unpaired) electrons. The summed E-state index contributed by atoms with van der Waals surface area (Å²) in [5, 5.41) is 11.7. The number of rotatable bonds is 5. The van der Waals surface area contributed by atoms with Gasteiger partial charge in [0.05, 0.1) is 6.54 Å². The molecule has 0 saturated heterocycles. The number of amides is 1. The highest BCUT2D eigenvalue weighted by Gasteiger charge is 2.20. The van der Waals surface area contributed by atoms with Gasteiger partial charge >= 0.3 is 0 Å². The zero-order chi connectivity index (χ0) is 14.8. The van der Waals surface area contributed by atoms with Crippen molar-refractivity contribution in [2.24, 2.45) is 0 Å². The normalized spacial score (nSPS) is 14.4. The van der Waals surface area contributed by atoms with Crippen LogP contribution in [0, 0.1) is 0 Å². The predicted octanol–water partition coefficient (Wildman–Crippen LogP) is 0.961. The van der Waals surface area contributed by atoms with Gasteiger partial charge in [-0.15, -0.1) is 10.2 Å². The van der Waals surface area contributed by atoms with E-state index in [4.69, 9.17) is 0 Å². The van der Waals surface area contributed by atoms with Gasteiger partial charge in [0.15, 0.2) is 5.82 Å². The Morgan fingerprint density at radius 2 is 2.15 bits per heavy atom. The van der Waals surface area contributed by atoms with E-state index in [2.05, 4.69) is 40.9 Å². The first-order chi connectivity index (χ1) is 9.37. The molecule has 0 saturated carbocycles. The van der Waals surface area contributed by atoms with Crippen molar-refractivity contribution in [3.63, 3.8) is 0 Å². The molecule has 0 fully saturated rings. The Labute approximate surface area is 120 Å². The molecule has 1 aliphatic heterocycles. The maximum absolute atomic E-state index is 12.1. The van der Waals surface area contributed by atoms with E-state index in [-0.39, 0.29) is 11.4 Å². The second-order valence-corrected chi connectivity index (χ2v) is 6.46. The average molecular weight is 279 g/mol. The van der Waals surface area contributed by atoms with Crippen molar-refractivity contribution in [1.82, 2.24) is 25.0 Å². The average Bonchev–Trinajstić information content (AvgIpc) is 2.92. The first-order valence-corrected chi connectivity index (χ1v) is 7.27. The van der Waals surface area contributed by atoms with Crippen LogP contribution in [0.15, 0.2) is 0 Å². The summed E-state index contributed by atoms with van der Waals surface area (Å²) in [4.78, 5) is 13.8. The molecular weight excluding hydrogens is 254 g/mol. The van der Waals surface area contributed by atoms with Gasteiger partial charge in [-0.05, 0) is 27.2 Å². The van der Waals surface area contributed by atoms with Gasteiger partial charge in [0.2, 0.25) is 5.91 Å². The van der Waals surface area contributed by atoms with E-state index in [1.807, 2.05) is 7.05 Å². The molecule has 0 spiro atoms. The topological polar surface area (TPSA) is 63.1 Å². The highest BCUT2D eigenvalue weighted by Crippen LogP contribution is 2.15. The molecule has 6 nitrogen and oxygen atoms in total. The standard InChI is InChI=1S/C14H25N5O/c1-14(2,3)15-8-7-13(20)18(4)10-12-17-16-11-6-5-9-19(11)12/h15H,5-10H2,1-4H3. The fourth-order valence-electron chi connectivity index (χ4n) is 2.36. The van der Waals surface area contributed by atoms with Crippen molar-refractivity contribution < 1.29 is 4.79 Å². The Morgan fingerprint density at radius 1 is 1.40 bits per heavy atom. The molecule has 6 heteroatoms. The number of fused-ring (bicyclic) bond motifs is 1. The Hall–Kier alpha value is -1.43. The Balaban J connectivity index is 1.82. The predicted molar refractivity (Wildman–Crippen MR) is 77.2 cm³/mol. The third-order valence-corrected chi connectivity index (χ3v) is 3.48. The van der Waals surface area contributed by atoms with Crippen LogP contribution in [-0.2, 0) is 24.3 Å². The van der Waals surface area contributed by atoms with E-state index >= 15 is 0 Å². The zero-order valence-electron chi connectivity index (χ0n) is 12.9. The Morgan fingerprint density at radius 3 is 2.85 bits per heavy atom. The molecule has 20 heavy (non-hydrogen) atoms. The molecule has 2 rings (SSSR count). The van der Waals surface area contributed by atoms with Gasteiger partial charge in [-0.2, -0.15) is 0 Å². The smallest absolute Gasteiger partial charge is 0.223 e. The molecule has 1 aliphatic rings. The maximum Gasteiger partial charge on any atom is 0.223 e. The number of nitrogens with zero attached hydrogens (tertiary/aromatic N) is 4. The summed E-state index contributed by atoms with van der Waals surface area (Å²) in [7, 11) is 1.83. The quantitative estimate of drug-likeness (QED) is 0.872. The summed E-state index contributed by atoms with van der Waals surface area (Å²) in [5.74, 6) is 2.09. The van der Waals surface area contributed by atoms with Crippen LogP contribution >= 0.6 is 0 Å². The van der Waals surface area contributed by atoms with Crippen LogP contribution in [0.2, 0.25) is 0 Å². The van der Waals surface area contributed by atoms with Crippen LogP contribution < -0.4 is 5.32 Å². The third kappa shape index (κ3) is 3.79. The van der Waals surface area contributed by atoms with E-state index in [1.165, 1.54) is 0 Å². The highest BCUT2D eigenvalue weighted by atomic mass is 16.2. The summed E-state index contributed by atoms with van der Waals surface area (Å²) >= 11 is 0. The van der Waals surface area contributed by atoms with Crippen LogP contribution in [0.1, 0.15) is 45.3 Å². The lowest BCUT2D eigenvalue weighted by molar-refractivity contribution is -0.130. The minimum Gasteiger partial charge on any atom is -0.338 e. The molecule has 0 unspecified atom stereocenters. The second kappa shape index (κ2) is 5.91. The lowest BCUT2D eigenvalue weighted by atomic mass is 10.1. The summed E-state index contributed by atoms with van der Waals surface area (Å²) in [5.41, 5.74) is 0.0483. The second-order valence-electron chi connectivity index (χ2n) is 6.46. The lowest BCUT2D eigenvalue weighted by Crippen LogP contribution is -2.39. The van der Waals surface area contributed by atoms with E-state index in [1.54, 1.807) is 4.90 Å². The summed E-state index contributed by atoms with van der Waals surface area (Å²) in [6, 6.07) is 0. The van der Waals surface area contributed by atoms with Crippen molar-refractivity contribution in [2.45, 2.75) is 58.7 Å². The summed E-state index contributed by atoms with van der Waals surface area (Å²) in [6.07, 6.45) is 2.64. The van der Waals surface area contributed by atoms with E-state index < -0.39 is 0 Å². The fourth-order valence-corrected chi connectivity index (χ4v) is 2.36. The van der Waals surface area contributed by atoms with Crippen LogP contribution in [0.5, 0.6) is 0 Å². The van der Waals surface area contributed by atoms with E-state index in [0.717, 1.165) is 31.0 Å². The number of carbonyl (C=O) groups is 1. The van der Waals surface area contributed by atoms with Gasteiger partial charge in [0, 0.05) is 38.5 Å². The van der Waals surface area contributed by atoms with Crippen molar-refractivity contribution in [1.29, 1.82) is 0 Å². The molecule has 1 aromatic heterocycles. The van der Waals surface area contributed by atoms with Gasteiger partial charge in [-0.25, -0.2) is 0 Å². The fraction of sp³-hybridized carbons (Fsp3) is 0.786. The van der Waals surface area contributed by atoms with Gasteiger partial charge < -0.3 is 14.8 Å². The molecule has 0 aromatic carbocycles. The maximum atomic E-state index is 12.1. The Bertz CT molecular complexity index is 474. The number of nitrogens with one attached hydrogen (secondary N) is 1. The number of carbonyl (C=O) groups excluding carboxylic acids is 1. The zero-order valence-corrected chi connectivity index (χ0v) is 12.9. The Kier molecular flexibility index (Phi) is 4.42. The van der Waals surface area contributed by atoms with Crippen molar-refractivity contribution >= 4 is 5.91 Å². The van der Waals surface area contributed by atoms with Crippen LogP contribution in [-0.4, -0.2) is 44.7 Å². The molecule has 1 N–H and O–H groups in total. The van der Waals surface area contributed by atoms with Crippen molar-refractivity contribution in [3.8, 4) is 0 Å². The molecule has 2 heterocycles. The number of aryl methyl sites for hydroxylation is 1. The molecule has 1 aromatic rings. The van der Waals surface area contributed by atoms with Crippen molar-refractivity contribution in [2.75, 3.05) is 13.6 Å². The third-order valence-electron chi connectivity index (χ3n) is 3.48. The SMILES string of the molecule is CN(Cc1nnc2n1CCC2)C(=O)CCNC(C)(C)C. The van der Waals surface area contributed by atoms with Crippen molar-refractivity contribution in [3.05, 3.63) is 11.6 Å². The number of hydrogen-bond acceptors (Lipinski definition) is 4. The van der Waals surface area contributed by atoms with Gasteiger partial charge in [0.1, 0.15) is 5.82 Å².